The Bertz CT molecular complexity index is 607. The van der Waals surface area contributed by atoms with E-state index >= 15 is 0 Å². The number of benzene rings is 1. The van der Waals surface area contributed by atoms with Crippen molar-refractivity contribution in [3.8, 4) is 0 Å². The molecule has 0 bridgehead atoms. The van der Waals surface area contributed by atoms with Crippen LogP contribution in [0.15, 0.2) is 46.9 Å². The smallest absolute Gasteiger partial charge is 0.293 e. The van der Waals surface area contributed by atoms with Crippen molar-refractivity contribution in [2.45, 2.75) is 13.3 Å². The molecule has 0 spiro atoms. The second kappa shape index (κ2) is 6.34. The molecule has 0 fully saturated rings. The van der Waals surface area contributed by atoms with Gasteiger partial charge in [-0.15, -0.1) is 0 Å². The molecule has 0 saturated carbocycles. The lowest BCUT2D eigenvalue weighted by Gasteiger charge is -2.21. The topological polar surface area (TPSA) is 59.5 Å². The molecular formula is C15H16N2O2S. The number of hydrogen-bond acceptors (Lipinski definition) is 3. The third-order valence-corrected chi connectivity index (χ3v) is 3.05. The van der Waals surface area contributed by atoms with Gasteiger partial charge < -0.3 is 15.1 Å². The number of hydrogen-bond donors (Lipinski definition) is 1. The number of nitrogens with two attached hydrogens (primary N) is 1. The van der Waals surface area contributed by atoms with E-state index in [4.69, 9.17) is 22.4 Å². The Morgan fingerprint density at radius 1 is 1.25 bits per heavy atom. The van der Waals surface area contributed by atoms with E-state index in [0.717, 1.165) is 5.69 Å². The first-order valence-electron chi connectivity index (χ1n) is 6.29. The average molecular weight is 288 g/mol. The second-order valence-corrected chi connectivity index (χ2v) is 4.94. The summed E-state index contributed by atoms with van der Waals surface area (Å²) >= 11 is 4.89. The van der Waals surface area contributed by atoms with Crippen LogP contribution in [-0.2, 0) is 0 Å². The van der Waals surface area contributed by atoms with Crippen molar-refractivity contribution < 1.29 is 9.21 Å². The molecule has 104 valence electrons. The summed E-state index contributed by atoms with van der Waals surface area (Å²) in [6.45, 7) is 2.23. The highest BCUT2D eigenvalue weighted by molar-refractivity contribution is 7.80. The fourth-order valence-corrected chi connectivity index (χ4v) is 1.95. The van der Waals surface area contributed by atoms with Crippen molar-refractivity contribution in [3.63, 3.8) is 0 Å². The molecule has 0 unspecified atom stereocenters. The average Bonchev–Trinajstić information content (AvgIpc) is 2.86. The number of thiocarbonyl (C=S) groups is 1. The standard InChI is InChI=1S/C15H16N2O2S/c1-11-7-8-13(19-11)15(18)17(10-9-14(16)20)12-5-3-2-4-6-12/h2-8H,9-10H2,1H3,(H2,16,20). The number of nitrogens with zero attached hydrogens (tertiary/aromatic N) is 1. The molecule has 2 rings (SSSR count). The predicted molar refractivity (Wildman–Crippen MR) is 83.0 cm³/mol. The van der Waals surface area contributed by atoms with Crippen LogP contribution < -0.4 is 10.6 Å². The van der Waals surface area contributed by atoms with Crippen molar-refractivity contribution in [2.75, 3.05) is 11.4 Å². The summed E-state index contributed by atoms with van der Waals surface area (Å²) in [5.41, 5.74) is 6.33. The van der Waals surface area contributed by atoms with Crippen molar-refractivity contribution in [3.05, 3.63) is 54.0 Å². The van der Waals surface area contributed by atoms with Gasteiger partial charge in [0.15, 0.2) is 5.76 Å². The summed E-state index contributed by atoms with van der Waals surface area (Å²) in [6, 6.07) is 12.8. The lowest BCUT2D eigenvalue weighted by atomic mass is 10.2. The van der Waals surface area contributed by atoms with Crippen LogP contribution in [0.5, 0.6) is 0 Å². The van der Waals surface area contributed by atoms with Gasteiger partial charge in [-0.2, -0.15) is 0 Å². The van der Waals surface area contributed by atoms with E-state index in [1.54, 1.807) is 24.0 Å². The van der Waals surface area contributed by atoms with Gasteiger partial charge in [0.2, 0.25) is 0 Å². The molecule has 20 heavy (non-hydrogen) atoms. The molecule has 1 amide bonds. The minimum atomic E-state index is -0.194. The fourth-order valence-electron chi connectivity index (χ4n) is 1.86. The fraction of sp³-hybridized carbons (Fsp3) is 0.200. The molecule has 0 radical (unpaired) electrons. The molecule has 2 aromatic rings. The van der Waals surface area contributed by atoms with Crippen molar-refractivity contribution in [1.29, 1.82) is 0 Å². The van der Waals surface area contributed by atoms with E-state index in [9.17, 15) is 4.79 Å². The summed E-state index contributed by atoms with van der Waals surface area (Å²) in [6.07, 6.45) is 0.468. The van der Waals surface area contributed by atoms with Crippen molar-refractivity contribution in [2.24, 2.45) is 5.73 Å². The van der Waals surface area contributed by atoms with Crippen LogP contribution in [0.3, 0.4) is 0 Å². The van der Waals surface area contributed by atoms with Crippen LogP contribution in [0.1, 0.15) is 22.7 Å². The van der Waals surface area contributed by atoms with Gasteiger partial charge in [-0.3, -0.25) is 4.79 Å². The molecule has 2 N–H and O–H groups in total. The second-order valence-electron chi connectivity index (χ2n) is 4.42. The van der Waals surface area contributed by atoms with Gasteiger partial charge >= 0.3 is 0 Å². The summed E-state index contributed by atoms with van der Waals surface area (Å²) < 4.78 is 5.40. The molecule has 0 aliphatic heterocycles. The summed E-state index contributed by atoms with van der Waals surface area (Å²) in [5.74, 6) is 0.825. The minimum absolute atomic E-state index is 0.194. The number of carbonyl (C=O) groups excluding carboxylic acids is 1. The first-order valence-corrected chi connectivity index (χ1v) is 6.70. The molecule has 0 atom stereocenters. The Morgan fingerprint density at radius 2 is 1.95 bits per heavy atom. The Hall–Kier alpha value is -2.14. The van der Waals surface area contributed by atoms with Crippen LogP contribution >= 0.6 is 12.2 Å². The lowest BCUT2D eigenvalue weighted by molar-refractivity contribution is 0.0960. The Labute approximate surface area is 123 Å². The highest BCUT2D eigenvalue weighted by Gasteiger charge is 2.20. The number of furan rings is 1. The third kappa shape index (κ3) is 3.45. The third-order valence-electron chi connectivity index (χ3n) is 2.85. The Kier molecular flexibility index (Phi) is 4.53. The molecule has 4 nitrogen and oxygen atoms in total. The van der Waals surface area contributed by atoms with E-state index in [1.807, 2.05) is 30.3 Å². The molecular weight excluding hydrogens is 272 g/mol. The zero-order chi connectivity index (χ0) is 14.5. The summed E-state index contributed by atoms with van der Waals surface area (Å²) in [5, 5.41) is 0. The molecule has 0 saturated heterocycles. The number of rotatable bonds is 5. The maximum atomic E-state index is 12.5. The van der Waals surface area contributed by atoms with Crippen molar-refractivity contribution >= 4 is 28.8 Å². The van der Waals surface area contributed by atoms with Gasteiger partial charge in [0.25, 0.3) is 5.91 Å². The zero-order valence-corrected chi connectivity index (χ0v) is 12.0. The highest BCUT2D eigenvalue weighted by Crippen LogP contribution is 2.18. The van der Waals surface area contributed by atoms with Crippen LogP contribution in [0, 0.1) is 6.92 Å². The highest BCUT2D eigenvalue weighted by atomic mass is 32.1. The van der Waals surface area contributed by atoms with E-state index in [0.29, 0.717) is 29.5 Å². The SMILES string of the molecule is Cc1ccc(C(=O)N(CCC(N)=S)c2ccccc2)o1. The van der Waals surface area contributed by atoms with E-state index < -0.39 is 0 Å². The molecule has 1 aromatic heterocycles. The molecule has 0 aliphatic carbocycles. The number of anilines is 1. The van der Waals surface area contributed by atoms with E-state index in [1.165, 1.54) is 0 Å². The number of para-hydroxylation sites is 1. The zero-order valence-electron chi connectivity index (χ0n) is 11.2. The minimum Gasteiger partial charge on any atom is -0.456 e. The van der Waals surface area contributed by atoms with Gasteiger partial charge in [0, 0.05) is 18.7 Å². The monoisotopic (exact) mass is 288 g/mol. The Balaban J connectivity index is 2.26. The lowest BCUT2D eigenvalue weighted by Crippen LogP contribution is -2.33. The summed E-state index contributed by atoms with van der Waals surface area (Å²) in [7, 11) is 0. The predicted octanol–water partition coefficient (Wildman–Crippen LogP) is 2.91. The van der Waals surface area contributed by atoms with Crippen LogP contribution in [0.2, 0.25) is 0 Å². The van der Waals surface area contributed by atoms with Crippen molar-refractivity contribution in [1.82, 2.24) is 0 Å². The molecule has 5 heteroatoms. The van der Waals surface area contributed by atoms with Gasteiger partial charge in [-0.25, -0.2) is 0 Å². The van der Waals surface area contributed by atoms with Crippen LogP contribution in [-0.4, -0.2) is 17.4 Å². The van der Waals surface area contributed by atoms with E-state index in [-0.39, 0.29) is 5.91 Å². The van der Waals surface area contributed by atoms with Gasteiger partial charge in [0.1, 0.15) is 5.76 Å². The largest absolute Gasteiger partial charge is 0.456 e. The van der Waals surface area contributed by atoms with E-state index in [2.05, 4.69) is 0 Å². The molecule has 1 aromatic carbocycles. The molecule has 1 heterocycles. The number of amides is 1. The van der Waals surface area contributed by atoms with Crippen LogP contribution in [0.25, 0.3) is 0 Å². The van der Waals surface area contributed by atoms with Crippen LogP contribution in [0.4, 0.5) is 5.69 Å². The van der Waals surface area contributed by atoms with Gasteiger partial charge in [-0.05, 0) is 31.2 Å². The van der Waals surface area contributed by atoms with Gasteiger partial charge in [-0.1, -0.05) is 30.4 Å². The number of carbonyl (C=O) groups is 1. The first kappa shape index (κ1) is 14.3. The maximum Gasteiger partial charge on any atom is 0.293 e. The molecule has 0 aliphatic rings. The first-order chi connectivity index (χ1) is 9.58. The number of aryl methyl sites for hydroxylation is 1. The normalized spacial score (nSPS) is 10.2. The summed E-state index contributed by atoms with van der Waals surface area (Å²) in [4.78, 5) is 14.5. The van der Waals surface area contributed by atoms with Gasteiger partial charge in [0.05, 0.1) is 4.99 Å². The quantitative estimate of drug-likeness (QED) is 0.859. The maximum absolute atomic E-state index is 12.5. The Morgan fingerprint density at radius 3 is 2.50 bits per heavy atom.